The molecule has 3 aromatic carbocycles. The Morgan fingerprint density at radius 1 is 0.897 bits per heavy atom. The number of fused-ring (bicyclic) bond motifs is 3. The number of rotatable bonds is 3. The summed E-state index contributed by atoms with van der Waals surface area (Å²) >= 11 is 0. The summed E-state index contributed by atoms with van der Waals surface area (Å²) < 4.78 is 5.36. The van der Waals surface area contributed by atoms with Crippen LogP contribution in [0.1, 0.15) is 29.7 Å². The van der Waals surface area contributed by atoms with Crippen LogP contribution in [0.2, 0.25) is 0 Å². The molecule has 4 nitrogen and oxygen atoms in total. The van der Waals surface area contributed by atoms with Gasteiger partial charge in [-0.05, 0) is 52.8 Å². The Kier molecular flexibility index (Phi) is 4.20. The van der Waals surface area contributed by atoms with Crippen LogP contribution in [0.4, 0.5) is 5.69 Å². The summed E-state index contributed by atoms with van der Waals surface area (Å²) in [6.45, 7) is 1.34. The molecule has 4 heteroatoms. The maximum absolute atomic E-state index is 12.9. The van der Waals surface area contributed by atoms with Crippen molar-refractivity contribution in [3.8, 4) is 11.1 Å². The highest BCUT2D eigenvalue weighted by molar-refractivity contribution is 6.06. The number of hydrogen-bond acceptors (Lipinski definition) is 3. The zero-order valence-electron chi connectivity index (χ0n) is 16.2. The van der Waals surface area contributed by atoms with Crippen molar-refractivity contribution in [2.24, 2.45) is 0 Å². The van der Waals surface area contributed by atoms with Gasteiger partial charge >= 0.3 is 5.97 Å². The van der Waals surface area contributed by atoms with E-state index in [1.165, 1.54) is 29.2 Å². The quantitative estimate of drug-likeness (QED) is 0.495. The SMILES string of the molecule is CC(=O)O[C@@H]1C(=O)N(c2ccc3c(c2)-c2ccccc2CC3)[C@@H]1c1ccccc1. The van der Waals surface area contributed by atoms with Crippen molar-refractivity contribution < 1.29 is 14.3 Å². The predicted octanol–water partition coefficient (Wildman–Crippen LogP) is 4.47. The van der Waals surface area contributed by atoms with Crippen LogP contribution < -0.4 is 4.90 Å². The Balaban J connectivity index is 1.57. The summed E-state index contributed by atoms with van der Waals surface area (Å²) in [7, 11) is 0. The van der Waals surface area contributed by atoms with Crippen LogP contribution >= 0.6 is 0 Å². The first-order chi connectivity index (χ1) is 14.1. The zero-order valence-corrected chi connectivity index (χ0v) is 16.2. The smallest absolute Gasteiger partial charge is 0.303 e. The van der Waals surface area contributed by atoms with Crippen molar-refractivity contribution in [3.63, 3.8) is 0 Å². The minimum Gasteiger partial charge on any atom is -0.450 e. The Bertz CT molecular complexity index is 1110. The number of esters is 1. The third-order valence-corrected chi connectivity index (χ3v) is 5.82. The van der Waals surface area contributed by atoms with Crippen LogP contribution in [0.3, 0.4) is 0 Å². The largest absolute Gasteiger partial charge is 0.450 e. The van der Waals surface area contributed by atoms with Crippen LogP contribution in [0, 0.1) is 0 Å². The van der Waals surface area contributed by atoms with E-state index < -0.39 is 12.1 Å². The third-order valence-electron chi connectivity index (χ3n) is 5.82. The molecule has 0 radical (unpaired) electrons. The highest BCUT2D eigenvalue weighted by atomic mass is 16.6. The van der Waals surface area contributed by atoms with Gasteiger partial charge in [0.1, 0.15) is 6.04 Å². The van der Waals surface area contributed by atoms with Gasteiger partial charge in [-0.3, -0.25) is 14.5 Å². The Hall–Kier alpha value is -3.40. The number of aryl methyl sites for hydroxylation is 2. The van der Waals surface area contributed by atoms with E-state index in [0.717, 1.165) is 24.1 Å². The first-order valence-electron chi connectivity index (χ1n) is 9.90. The minimum atomic E-state index is -0.779. The molecule has 1 heterocycles. The first-order valence-corrected chi connectivity index (χ1v) is 9.90. The molecule has 1 saturated heterocycles. The Labute approximate surface area is 169 Å². The number of carbonyl (C=O) groups excluding carboxylic acids is 2. The van der Waals surface area contributed by atoms with Crippen LogP contribution in [-0.2, 0) is 27.2 Å². The molecule has 2 aliphatic rings. The summed E-state index contributed by atoms with van der Waals surface area (Å²) in [6.07, 6.45) is 1.25. The summed E-state index contributed by atoms with van der Waals surface area (Å²) in [6, 6.07) is 24.1. The molecule has 0 spiro atoms. The van der Waals surface area contributed by atoms with Crippen molar-refractivity contribution in [2.45, 2.75) is 31.9 Å². The van der Waals surface area contributed by atoms with Gasteiger partial charge in [0.15, 0.2) is 0 Å². The molecule has 144 valence electrons. The molecule has 29 heavy (non-hydrogen) atoms. The zero-order chi connectivity index (χ0) is 20.0. The molecular formula is C25H21NO3. The minimum absolute atomic E-state index is 0.182. The normalized spacial score (nSPS) is 19.8. The molecule has 0 bridgehead atoms. The van der Waals surface area contributed by atoms with Gasteiger partial charge in [-0.1, -0.05) is 60.7 Å². The highest BCUT2D eigenvalue weighted by Gasteiger charge is 2.51. The lowest BCUT2D eigenvalue weighted by atomic mass is 9.84. The highest BCUT2D eigenvalue weighted by Crippen LogP contribution is 2.43. The van der Waals surface area contributed by atoms with E-state index in [1.54, 1.807) is 4.90 Å². The topological polar surface area (TPSA) is 46.6 Å². The molecule has 0 N–H and O–H groups in total. The van der Waals surface area contributed by atoms with Gasteiger partial charge in [-0.15, -0.1) is 0 Å². The molecule has 2 atom stereocenters. The lowest BCUT2D eigenvalue weighted by Crippen LogP contribution is -2.60. The van der Waals surface area contributed by atoms with Gasteiger partial charge in [-0.2, -0.15) is 0 Å². The fourth-order valence-corrected chi connectivity index (χ4v) is 4.47. The molecule has 1 aliphatic carbocycles. The third kappa shape index (κ3) is 2.92. The van der Waals surface area contributed by atoms with Crippen molar-refractivity contribution in [1.29, 1.82) is 0 Å². The number of nitrogens with zero attached hydrogens (tertiary/aromatic N) is 1. The van der Waals surface area contributed by atoms with Gasteiger partial charge in [-0.25, -0.2) is 0 Å². The lowest BCUT2D eigenvalue weighted by Gasteiger charge is -2.46. The number of amides is 1. The van der Waals surface area contributed by atoms with E-state index in [2.05, 4.69) is 36.4 Å². The Morgan fingerprint density at radius 3 is 2.34 bits per heavy atom. The van der Waals surface area contributed by atoms with Crippen LogP contribution in [-0.4, -0.2) is 18.0 Å². The number of ether oxygens (including phenoxy) is 1. The van der Waals surface area contributed by atoms with Crippen molar-refractivity contribution in [1.82, 2.24) is 0 Å². The van der Waals surface area contributed by atoms with E-state index in [9.17, 15) is 9.59 Å². The molecule has 0 saturated carbocycles. The van der Waals surface area contributed by atoms with Crippen molar-refractivity contribution >= 4 is 17.6 Å². The van der Waals surface area contributed by atoms with Crippen molar-refractivity contribution in [2.75, 3.05) is 4.90 Å². The maximum Gasteiger partial charge on any atom is 0.303 e. The second kappa shape index (κ2) is 6.89. The number of benzene rings is 3. The monoisotopic (exact) mass is 383 g/mol. The molecule has 1 fully saturated rings. The Morgan fingerprint density at radius 2 is 1.59 bits per heavy atom. The second-order valence-electron chi connectivity index (χ2n) is 7.59. The van der Waals surface area contributed by atoms with Gasteiger partial charge in [0.25, 0.3) is 5.91 Å². The van der Waals surface area contributed by atoms with Gasteiger partial charge < -0.3 is 4.74 Å². The molecule has 3 aromatic rings. The standard InChI is InChI=1S/C25H21NO3/c1-16(27)29-24-23(19-8-3-2-4-9-19)26(25(24)28)20-14-13-18-12-11-17-7-5-6-10-21(17)22(18)15-20/h2-10,13-15,23-24H,11-12H2,1H3/t23-,24+/m1/s1. The van der Waals surface area contributed by atoms with E-state index in [4.69, 9.17) is 4.74 Å². The molecule has 0 aromatic heterocycles. The summed E-state index contributed by atoms with van der Waals surface area (Å²) in [5.41, 5.74) is 6.84. The summed E-state index contributed by atoms with van der Waals surface area (Å²) in [5.74, 6) is -0.624. The molecule has 5 rings (SSSR count). The van der Waals surface area contributed by atoms with Gasteiger partial charge in [0.2, 0.25) is 6.10 Å². The predicted molar refractivity (Wildman–Crippen MR) is 112 cm³/mol. The number of β-lactam (4-membered cyclic amide) rings is 1. The van der Waals surface area contributed by atoms with E-state index >= 15 is 0 Å². The number of carbonyl (C=O) groups is 2. The average Bonchev–Trinajstić information content (AvgIpc) is 2.75. The van der Waals surface area contributed by atoms with E-state index in [-0.39, 0.29) is 11.9 Å². The fraction of sp³-hybridized carbons (Fsp3) is 0.200. The molecule has 0 unspecified atom stereocenters. The summed E-state index contributed by atoms with van der Waals surface area (Å²) in [4.78, 5) is 26.2. The maximum atomic E-state index is 12.9. The van der Waals surface area contributed by atoms with Crippen LogP contribution in [0.15, 0.2) is 72.8 Å². The van der Waals surface area contributed by atoms with Crippen molar-refractivity contribution in [3.05, 3.63) is 89.5 Å². The molecule has 1 aliphatic heterocycles. The van der Waals surface area contributed by atoms with E-state index in [0.29, 0.717) is 0 Å². The lowest BCUT2D eigenvalue weighted by molar-refractivity contribution is -0.160. The molecule has 1 amide bonds. The van der Waals surface area contributed by atoms with Crippen LogP contribution in [0.25, 0.3) is 11.1 Å². The fourth-order valence-electron chi connectivity index (χ4n) is 4.47. The second-order valence-corrected chi connectivity index (χ2v) is 7.59. The van der Waals surface area contributed by atoms with Crippen LogP contribution in [0.5, 0.6) is 0 Å². The van der Waals surface area contributed by atoms with E-state index in [1.807, 2.05) is 36.4 Å². The molecular weight excluding hydrogens is 362 g/mol. The average molecular weight is 383 g/mol. The van der Waals surface area contributed by atoms with Gasteiger partial charge in [0, 0.05) is 12.6 Å². The first kappa shape index (κ1) is 17.7. The van der Waals surface area contributed by atoms with Gasteiger partial charge in [0.05, 0.1) is 0 Å². The summed E-state index contributed by atoms with van der Waals surface area (Å²) in [5, 5.41) is 0. The number of anilines is 1. The number of hydrogen-bond donors (Lipinski definition) is 0.